The quantitative estimate of drug-likeness (QED) is 0.903. The third-order valence-corrected chi connectivity index (χ3v) is 4.71. The molecule has 3 rings (SSSR count). The number of hydrogen-bond acceptors (Lipinski definition) is 3. The van der Waals surface area contributed by atoms with Crippen LogP contribution < -0.4 is 16.0 Å². The first kappa shape index (κ1) is 17.2. The predicted molar refractivity (Wildman–Crippen MR) is 99.0 cm³/mol. The molecule has 0 saturated heterocycles. The minimum Gasteiger partial charge on any atom is -0.339 e. The number of rotatable bonds is 3. The Kier molecular flexibility index (Phi) is 4.59. The monoisotopic (exact) mass is 337 g/mol. The highest BCUT2D eigenvalue weighted by atomic mass is 16.2. The van der Waals surface area contributed by atoms with E-state index in [-0.39, 0.29) is 17.7 Å². The fourth-order valence-corrected chi connectivity index (χ4v) is 3.11. The van der Waals surface area contributed by atoms with E-state index >= 15 is 0 Å². The van der Waals surface area contributed by atoms with Crippen molar-refractivity contribution in [2.45, 2.75) is 25.9 Å². The Morgan fingerprint density at radius 1 is 1.08 bits per heavy atom. The summed E-state index contributed by atoms with van der Waals surface area (Å²) < 4.78 is 0. The molecule has 5 nitrogen and oxygen atoms in total. The Labute approximate surface area is 147 Å². The standard InChI is InChI=1S/C20H23N3O2/c1-12(2)17(21)19(24)22-18-15-10-5-4-8-13(15)14-9-6-7-11-16(14)23(3)20(18)25/h4-12,17-18H,21H2,1-3H3,(H,22,24)/t17-,18-/m0/s1. The molecule has 2 atom stereocenters. The number of nitrogens with two attached hydrogens (primary N) is 1. The largest absolute Gasteiger partial charge is 0.339 e. The first-order chi connectivity index (χ1) is 11.9. The topological polar surface area (TPSA) is 75.4 Å². The van der Waals surface area contributed by atoms with E-state index in [0.717, 1.165) is 22.4 Å². The molecular weight excluding hydrogens is 314 g/mol. The average Bonchev–Trinajstić information content (AvgIpc) is 2.71. The lowest BCUT2D eigenvalue weighted by molar-refractivity contribution is -0.128. The third kappa shape index (κ3) is 3.03. The van der Waals surface area contributed by atoms with Gasteiger partial charge >= 0.3 is 0 Å². The van der Waals surface area contributed by atoms with Gasteiger partial charge in [0.15, 0.2) is 0 Å². The first-order valence-electron chi connectivity index (χ1n) is 8.43. The Morgan fingerprint density at radius 3 is 2.36 bits per heavy atom. The van der Waals surface area contributed by atoms with E-state index < -0.39 is 12.1 Å². The van der Waals surface area contributed by atoms with Crippen molar-refractivity contribution < 1.29 is 9.59 Å². The van der Waals surface area contributed by atoms with Gasteiger partial charge in [-0.2, -0.15) is 0 Å². The molecular formula is C20H23N3O2. The molecule has 0 bridgehead atoms. The Bertz CT molecular complexity index is 816. The summed E-state index contributed by atoms with van der Waals surface area (Å²) in [6.07, 6.45) is 0. The van der Waals surface area contributed by atoms with Gasteiger partial charge < -0.3 is 16.0 Å². The molecule has 1 aliphatic rings. The SMILES string of the molecule is CC(C)[C@H](N)C(=O)N[C@@H]1C(=O)N(C)c2ccccc2-c2ccccc21. The molecule has 0 spiro atoms. The second-order valence-electron chi connectivity index (χ2n) is 6.71. The average molecular weight is 337 g/mol. The third-order valence-electron chi connectivity index (χ3n) is 4.71. The Morgan fingerprint density at radius 2 is 1.68 bits per heavy atom. The van der Waals surface area contributed by atoms with Crippen LogP contribution in [0.25, 0.3) is 11.1 Å². The second kappa shape index (κ2) is 6.69. The summed E-state index contributed by atoms with van der Waals surface area (Å²) in [6.45, 7) is 3.77. The molecule has 0 unspecified atom stereocenters. The van der Waals surface area contributed by atoms with Crippen LogP contribution in [-0.2, 0) is 9.59 Å². The summed E-state index contributed by atoms with van der Waals surface area (Å²) in [4.78, 5) is 27.2. The minimum atomic E-state index is -0.758. The lowest BCUT2D eigenvalue weighted by Crippen LogP contribution is -2.48. The molecule has 0 saturated carbocycles. The summed E-state index contributed by atoms with van der Waals surface area (Å²) in [5.41, 5.74) is 9.49. The summed E-state index contributed by atoms with van der Waals surface area (Å²) in [5, 5.41) is 2.86. The van der Waals surface area contributed by atoms with E-state index in [1.54, 1.807) is 11.9 Å². The van der Waals surface area contributed by atoms with Gasteiger partial charge in [-0.15, -0.1) is 0 Å². The molecule has 25 heavy (non-hydrogen) atoms. The van der Waals surface area contributed by atoms with Crippen molar-refractivity contribution in [1.29, 1.82) is 0 Å². The van der Waals surface area contributed by atoms with Gasteiger partial charge in [-0.05, 0) is 23.1 Å². The summed E-state index contributed by atoms with van der Waals surface area (Å²) >= 11 is 0. The maximum Gasteiger partial charge on any atom is 0.253 e. The number of para-hydroxylation sites is 1. The number of hydrogen-bond donors (Lipinski definition) is 2. The van der Waals surface area contributed by atoms with Crippen LogP contribution in [0.2, 0.25) is 0 Å². The molecule has 1 heterocycles. The van der Waals surface area contributed by atoms with Gasteiger partial charge in [0.25, 0.3) is 5.91 Å². The van der Waals surface area contributed by atoms with Gasteiger partial charge in [-0.1, -0.05) is 56.3 Å². The van der Waals surface area contributed by atoms with Gasteiger partial charge in [-0.25, -0.2) is 0 Å². The van der Waals surface area contributed by atoms with Crippen LogP contribution in [0, 0.1) is 5.92 Å². The van der Waals surface area contributed by atoms with Crippen molar-refractivity contribution in [2.75, 3.05) is 11.9 Å². The minimum absolute atomic E-state index is 0.00829. The lowest BCUT2D eigenvalue weighted by atomic mass is 9.95. The van der Waals surface area contributed by atoms with Gasteiger partial charge in [-0.3, -0.25) is 9.59 Å². The summed E-state index contributed by atoms with van der Waals surface area (Å²) in [6, 6.07) is 14.0. The molecule has 2 aromatic rings. The second-order valence-corrected chi connectivity index (χ2v) is 6.71. The highest BCUT2D eigenvalue weighted by Gasteiger charge is 2.34. The number of likely N-dealkylation sites (N-methyl/N-ethyl adjacent to an activating group) is 1. The van der Waals surface area contributed by atoms with Crippen molar-refractivity contribution in [3.05, 3.63) is 54.1 Å². The van der Waals surface area contributed by atoms with Crippen molar-refractivity contribution >= 4 is 17.5 Å². The van der Waals surface area contributed by atoms with Crippen LogP contribution in [0.4, 0.5) is 5.69 Å². The van der Waals surface area contributed by atoms with E-state index in [1.807, 2.05) is 62.4 Å². The molecule has 130 valence electrons. The van der Waals surface area contributed by atoms with Crippen LogP contribution >= 0.6 is 0 Å². The molecule has 5 heteroatoms. The van der Waals surface area contributed by atoms with Gasteiger partial charge in [0, 0.05) is 12.6 Å². The van der Waals surface area contributed by atoms with Gasteiger partial charge in [0.2, 0.25) is 5.91 Å². The zero-order valence-electron chi connectivity index (χ0n) is 14.7. The maximum absolute atomic E-state index is 13.1. The summed E-state index contributed by atoms with van der Waals surface area (Å²) in [5.74, 6) is -0.504. The van der Waals surface area contributed by atoms with E-state index in [9.17, 15) is 9.59 Å². The van der Waals surface area contributed by atoms with E-state index in [4.69, 9.17) is 5.73 Å². The zero-order chi connectivity index (χ0) is 18.1. The van der Waals surface area contributed by atoms with Crippen molar-refractivity contribution in [3.8, 4) is 11.1 Å². The smallest absolute Gasteiger partial charge is 0.253 e. The van der Waals surface area contributed by atoms with E-state index in [1.165, 1.54) is 0 Å². The number of benzene rings is 2. The predicted octanol–water partition coefficient (Wildman–Crippen LogP) is 2.47. The van der Waals surface area contributed by atoms with Gasteiger partial charge in [0.1, 0.15) is 6.04 Å². The van der Waals surface area contributed by atoms with E-state index in [0.29, 0.717) is 0 Å². The molecule has 3 N–H and O–H groups in total. The van der Waals surface area contributed by atoms with Gasteiger partial charge in [0.05, 0.1) is 11.7 Å². The number of nitrogens with zero attached hydrogens (tertiary/aromatic N) is 1. The lowest BCUT2D eigenvalue weighted by Gasteiger charge is -2.25. The van der Waals surface area contributed by atoms with Crippen LogP contribution in [0.1, 0.15) is 25.5 Å². The number of amides is 2. The molecule has 0 fully saturated rings. The first-order valence-corrected chi connectivity index (χ1v) is 8.43. The molecule has 0 aliphatic carbocycles. The van der Waals surface area contributed by atoms with Crippen LogP contribution in [0.15, 0.2) is 48.5 Å². The van der Waals surface area contributed by atoms with Crippen molar-refractivity contribution in [2.24, 2.45) is 11.7 Å². The van der Waals surface area contributed by atoms with E-state index in [2.05, 4.69) is 5.32 Å². The number of carbonyl (C=O) groups is 2. The molecule has 1 aliphatic heterocycles. The fraction of sp³-hybridized carbons (Fsp3) is 0.300. The van der Waals surface area contributed by atoms with Crippen LogP contribution in [0.3, 0.4) is 0 Å². The number of anilines is 1. The zero-order valence-corrected chi connectivity index (χ0v) is 14.7. The Hall–Kier alpha value is -2.66. The number of fused-ring (bicyclic) bond motifs is 3. The number of nitrogens with one attached hydrogen (secondary N) is 1. The number of carbonyl (C=O) groups excluding carboxylic acids is 2. The Balaban J connectivity index is 2.09. The normalized spacial score (nSPS) is 17.6. The van der Waals surface area contributed by atoms with Crippen LogP contribution in [-0.4, -0.2) is 24.9 Å². The molecule has 2 amide bonds. The summed E-state index contributed by atoms with van der Waals surface area (Å²) in [7, 11) is 1.73. The highest BCUT2D eigenvalue weighted by molar-refractivity contribution is 6.06. The van der Waals surface area contributed by atoms with Crippen LogP contribution in [0.5, 0.6) is 0 Å². The molecule has 0 radical (unpaired) electrons. The maximum atomic E-state index is 13.1. The highest BCUT2D eigenvalue weighted by Crippen LogP contribution is 2.39. The molecule has 0 aromatic heterocycles. The molecule has 2 aromatic carbocycles. The van der Waals surface area contributed by atoms with Crippen molar-refractivity contribution in [3.63, 3.8) is 0 Å². The van der Waals surface area contributed by atoms with Crippen molar-refractivity contribution in [1.82, 2.24) is 5.32 Å². The fourth-order valence-electron chi connectivity index (χ4n) is 3.11.